The summed E-state index contributed by atoms with van der Waals surface area (Å²) in [5.41, 5.74) is 0.799. The number of nitrogens with one attached hydrogen (secondary N) is 3. The second kappa shape index (κ2) is 9.25. The van der Waals surface area contributed by atoms with Crippen LogP contribution in [0.3, 0.4) is 0 Å². The topological polar surface area (TPSA) is 100 Å². The Morgan fingerprint density at radius 3 is 2.44 bits per heavy atom. The first-order valence-corrected chi connectivity index (χ1v) is 10.7. The highest BCUT2D eigenvalue weighted by atomic mass is 35.5. The van der Waals surface area contributed by atoms with Crippen LogP contribution < -0.4 is 16.0 Å². The summed E-state index contributed by atoms with van der Waals surface area (Å²) in [4.78, 5) is 16.3. The summed E-state index contributed by atoms with van der Waals surface area (Å²) in [6.45, 7) is 2.59. The molecule has 2 aromatic rings. The van der Waals surface area contributed by atoms with Gasteiger partial charge in [0, 0.05) is 25.5 Å². The van der Waals surface area contributed by atoms with Crippen molar-refractivity contribution in [2.45, 2.75) is 17.9 Å². The molecule has 0 saturated carbocycles. The lowest BCUT2D eigenvalue weighted by atomic mass is 10.1. The summed E-state index contributed by atoms with van der Waals surface area (Å²) in [6, 6.07) is 7.36. The summed E-state index contributed by atoms with van der Waals surface area (Å²) >= 11 is 11.8. The molecule has 1 unspecified atom stereocenters. The lowest BCUT2D eigenvalue weighted by Crippen LogP contribution is -2.39. The van der Waals surface area contributed by atoms with Gasteiger partial charge in [0.15, 0.2) is 9.84 Å². The van der Waals surface area contributed by atoms with E-state index in [1.807, 2.05) is 6.92 Å². The Kier molecular flexibility index (Phi) is 7.29. The Hall–Kier alpha value is -2.03. The number of carbonyl (C=O) groups excluding carboxylic acids is 1. The van der Waals surface area contributed by atoms with Crippen LogP contribution in [0.15, 0.2) is 41.4 Å². The van der Waals surface area contributed by atoms with Crippen molar-refractivity contribution >= 4 is 44.9 Å². The molecule has 3 N–H and O–H groups in total. The molecule has 0 radical (unpaired) electrons. The number of sulfone groups is 1. The van der Waals surface area contributed by atoms with Gasteiger partial charge in [-0.2, -0.15) is 0 Å². The number of nitrogens with zero attached hydrogens (tertiary/aromatic N) is 1. The number of amides is 2. The molecule has 1 atom stereocenters. The average Bonchev–Trinajstić information content (AvgIpc) is 2.59. The van der Waals surface area contributed by atoms with Crippen LogP contribution in [-0.4, -0.2) is 38.8 Å². The number of hydrogen-bond acceptors (Lipinski definition) is 5. The zero-order valence-corrected chi connectivity index (χ0v) is 17.1. The van der Waals surface area contributed by atoms with Crippen LogP contribution in [0, 0.1) is 0 Å². The van der Waals surface area contributed by atoms with E-state index in [1.54, 1.807) is 18.2 Å². The summed E-state index contributed by atoms with van der Waals surface area (Å²) < 4.78 is 22.9. The molecule has 10 heteroatoms. The summed E-state index contributed by atoms with van der Waals surface area (Å²) in [7, 11) is -3.24. The quantitative estimate of drug-likeness (QED) is 0.585. The predicted molar refractivity (Wildman–Crippen MR) is 107 cm³/mol. The summed E-state index contributed by atoms with van der Waals surface area (Å²) in [5.74, 6) is 0.489. The van der Waals surface area contributed by atoms with E-state index in [4.69, 9.17) is 23.2 Å². The molecule has 2 amide bonds. The molecular formula is C17H20Cl2N4O3S. The zero-order valence-electron chi connectivity index (χ0n) is 14.8. The van der Waals surface area contributed by atoms with E-state index in [2.05, 4.69) is 20.9 Å². The zero-order chi connectivity index (χ0) is 20.0. The van der Waals surface area contributed by atoms with Crippen LogP contribution in [-0.2, 0) is 9.84 Å². The third kappa shape index (κ3) is 6.57. The van der Waals surface area contributed by atoms with Crippen molar-refractivity contribution in [2.75, 3.05) is 24.7 Å². The van der Waals surface area contributed by atoms with Gasteiger partial charge in [0.05, 0.1) is 21.0 Å². The number of carbonyl (C=O) groups is 1. The van der Waals surface area contributed by atoms with Gasteiger partial charge in [0.2, 0.25) is 0 Å². The second-order valence-electron chi connectivity index (χ2n) is 5.87. The number of pyridine rings is 1. The van der Waals surface area contributed by atoms with E-state index in [1.165, 1.54) is 18.3 Å². The van der Waals surface area contributed by atoms with Crippen molar-refractivity contribution in [3.05, 3.63) is 52.1 Å². The van der Waals surface area contributed by atoms with E-state index in [9.17, 15) is 13.2 Å². The van der Waals surface area contributed by atoms with Gasteiger partial charge in [-0.3, -0.25) is 0 Å². The maximum atomic E-state index is 12.0. The van der Waals surface area contributed by atoms with Gasteiger partial charge in [-0.15, -0.1) is 0 Å². The molecule has 7 nitrogen and oxygen atoms in total. The van der Waals surface area contributed by atoms with Crippen molar-refractivity contribution in [1.82, 2.24) is 15.6 Å². The molecule has 1 heterocycles. The number of benzene rings is 1. The minimum absolute atomic E-state index is 0.239. The molecular weight excluding hydrogens is 411 g/mol. The maximum Gasteiger partial charge on any atom is 0.315 e. The molecule has 0 fully saturated rings. The highest BCUT2D eigenvalue weighted by molar-refractivity contribution is 7.90. The monoisotopic (exact) mass is 430 g/mol. The first-order chi connectivity index (χ1) is 12.7. The third-order valence-corrected chi connectivity index (χ3v) is 5.29. The number of urea groups is 1. The van der Waals surface area contributed by atoms with Gasteiger partial charge in [0.1, 0.15) is 5.82 Å². The predicted octanol–water partition coefficient (Wildman–Crippen LogP) is 3.26. The Balaban J connectivity index is 1.78. The Morgan fingerprint density at radius 2 is 1.85 bits per heavy atom. The fraction of sp³-hybridized carbons (Fsp3) is 0.294. The van der Waals surface area contributed by atoms with Crippen LogP contribution in [0.5, 0.6) is 0 Å². The molecule has 1 aromatic carbocycles. The number of halogens is 2. The van der Waals surface area contributed by atoms with E-state index < -0.39 is 9.84 Å². The Bertz CT molecular complexity index is 905. The van der Waals surface area contributed by atoms with Gasteiger partial charge >= 0.3 is 6.03 Å². The van der Waals surface area contributed by atoms with Gasteiger partial charge in [-0.25, -0.2) is 18.2 Å². The molecule has 1 aromatic heterocycles. The smallest absolute Gasteiger partial charge is 0.315 e. The normalized spacial score (nSPS) is 12.3. The third-order valence-electron chi connectivity index (χ3n) is 3.67. The van der Waals surface area contributed by atoms with Crippen molar-refractivity contribution in [1.29, 1.82) is 0 Å². The SMILES string of the molecule is CC(NC(=O)NCCNc1ncc(Cl)cc1Cl)c1ccc(S(C)(=O)=O)cc1. The molecule has 0 bridgehead atoms. The molecule has 2 rings (SSSR count). The maximum absolute atomic E-state index is 12.0. The highest BCUT2D eigenvalue weighted by Gasteiger charge is 2.11. The standard InChI is InChI=1S/C17H20Cl2N4O3S/c1-11(12-3-5-14(6-4-12)27(2,25)26)23-17(24)21-8-7-20-16-15(19)9-13(18)10-22-16/h3-6,9-11H,7-8H2,1-2H3,(H,20,22)(H2,21,23,24). The minimum atomic E-state index is -3.24. The lowest BCUT2D eigenvalue weighted by Gasteiger charge is -2.16. The summed E-state index contributed by atoms with van der Waals surface area (Å²) in [6.07, 6.45) is 2.63. The molecule has 0 saturated heterocycles. The van der Waals surface area contributed by atoms with Gasteiger partial charge < -0.3 is 16.0 Å². The molecule has 146 valence electrons. The van der Waals surface area contributed by atoms with Gasteiger partial charge in [-0.05, 0) is 30.7 Å². The van der Waals surface area contributed by atoms with E-state index >= 15 is 0 Å². The molecule has 0 aliphatic heterocycles. The number of rotatable bonds is 7. The highest BCUT2D eigenvalue weighted by Crippen LogP contribution is 2.22. The molecule has 0 aliphatic rings. The fourth-order valence-corrected chi connectivity index (χ4v) is 3.31. The van der Waals surface area contributed by atoms with Crippen molar-refractivity contribution in [3.8, 4) is 0 Å². The van der Waals surface area contributed by atoms with Gasteiger partial charge in [-0.1, -0.05) is 35.3 Å². The lowest BCUT2D eigenvalue weighted by molar-refractivity contribution is 0.238. The minimum Gasteiger partial charge on any atom is -0.367 e. The summed E-state index contributed by atoms with van der Waals surface area (Å²) in [5, 5.41) is 9.35. The Labute approximate surface area is 168 Å². The molecule has 0 spiro atoms. The number of aromatic nitrogens is 1. The fourth-order valence-electron chi connectivity index (χ4n) is 2.24. The van der Waals surface area contributed by atoms with E-state index in [0.29, 0.717) is 29.0 Å². The van der Waals surface area contributed by atoms with Crippen molar-refractivity contribution in [3.63, 3.8) is 0 Å². The second-order valence-corrected chi connectivity index (χ2v) is 8.73. The molecule has 0 aliphatic carbocycles. The van der Waals surface area contributed by atoms with Crippen LogP contribution >= 0.6 is 23.2 Å². The number of anilines is 1. The van der Waals surface area contributed by atoms with Crippen LogP contribution in [0.4, 0.5) is 10.6 Å². The largest absolute Gasteiger partial charge is 0.367 e. The first-order valence-electron chi connectivity index (χ1n) is 8.06. The average molecular weight is 431 g/mol. The van der Waals surface area contributed by atoms with E-state index in [0.717, 1.165) is 11.8 Å². The number of hydrogen-bond donors (Lipinski definition) is 3. The molecule has 27 heavy (non-hydrogen) atoms. The Morgan fingerprint density at radius 1 is 1.19 bits per heavy atom. The first kappa shape index (κ1) is 21.3. The van der Waals surface area contributed by atoms with Crippen molar-refractivity contribution in [2.24, 2.45) is 0 Å². The van der Waals surface area contributed by atoms with Gasteiger partial charge in [0.25, 0.3) is 0 Å². The van der Waals surface area contributed by atoms with Crippen LogP contribution in [0.1, 0.15) is 18.5 Å². The van der Waals surface area contributed by atoms with Crippen molar-refractivity contribution < 1.29 is 13.2 Å². The van der Waals surface area contributed by atoms with E-state index in [-0.39, 0.29) is 17.0 Å². The van der Waals surface area contributed by atoms with Crippen LogP contribution in [0.2, 0.25) is 10.0 Å². The van der Waals surface area contributed by atoms with Crippen LogP contribution in [0.25, 0.3) is 0 Å².